The molecule has 0 saturated carbocycles. The Morgan fingerprint density at radius 2 is 1.80 bits per heavy atom. The van der Waals surface area contributed by atoms with Gasteiger partial charge in [-0.05, 0) is 77.0 Å². The Morgan fingerprint density at radius 3 is 2.45 bits per heavy atom. The molecular formula is C14H13ClINO2S. The predicted octanol–water partition coefficient (Wildman–Crippen LogP) is 3.73. The fraction of sp³-hybridized carbons (Fsp3) is 0.143. The van der Waals surface area contributed by atoms with Crippen molar-refractivity contribution in [1.82, 2.24) is 4.72 Å². The average molecular weight is 422 g/mol. The standard InChI is InChI=1S/C14H13ClINO2S/c1-10-2-3-12(15)8-11(10)9-17-20(18,19)14-6-4-13(16)5-7-14/h2-8,17H,9H2,1H3. The van der Waals surface area contributed by atoms with Gasteiger partial charge in [0.05, 0.1) is 4.90 Å². The quantitative estimate of drug-likeness (QED) is 0.765. The third-order valence-corrected chi connectivity index (χ3v) is 5.26. The molecule has 106 valence electrons. The van der Waals surface area contributed by atoms with Crippen molar-refractivity contribution < 1.29 is 8.42 Å². The Morgan fingerprint density at radius 1 is 1.15 bits per heavy atom. The second kappa shape index (κ2) is 6.43. The molecule has 0 fully saturated rings. The topological polar surface area (TPSA) is 46.2 Å². The van der Waals surface area contributed by atoms with Crippen LogP contribution in [-0.2, 0) is 16.6 Å². The lowest BCUT2D eigenvalue weighted by atomic mass is 10.1. The van der Waals surface area contributed by atoms with E-state index >= 15 is 0 Å². The van der Waals surface area contributed by atoms with Gasteiger partial charge in [-0.3, -0.25) is 0 Å². The van der Waals surface area contributed by atoms with Gasteiger partial charge < -0.3 is 0 Å². The van der Waals surface area contributed by atoms with E-state index in [2.05, 4.69) is 27.3 Å². The number of hydrogen-bond acceptors (Lipinski definition) is 2. The van der Waals surface area contributed by atoms with Crippen molar-refractivity contribution >= 4 is 44.2 Å². The molecule has 0 atom stereocenters. The maximum Gasteiger partial charge on any atom is 0.240 e. The number of hydrogen-bond donors (Lipinski definition) is 1. The van der Waals surface area contributed by atoms with Gasteiger partial charge in [0, 0.05) is 15.1 Å². The Balaban J connectivity index is 2.17. The summed E-state index contributed by atoms with van der Waals surface area (Å²) in [5.41, 5.74) is 1.87. The minimum absolute atomic E-state index is 0.223. The van der Waals surface area contributed by atoms with Crippen LogP contribution < -0.4 is 4.72 Å². The molecule has 0 bridgehead atoms. The van der Waals surface area contributed by atoms with E-state index in [9.17, 15) is 8.42 Å². The van der Waals surface area contributed by atoms with Crippen LogP contribution in [0.25, 0.3) is 0 Å². The van der Waals surface area contributed by atoms with Gasteiger partial charge in [-0.2, -0.15) is 0 Å². The molecule has 0 saturated heterocycles. The molecule has 2 aromatic rings. The fourth-order valence-electron chi connectivity index (χ4n) is 1.70. The molecule has 0 unspecified atom stereocenters. The third kappa shape index (κ3) is 3.94. The van der Waals surface area contributed by atoms with Gasteiger partial charge in [0.15, 0.2) is 0 Å². The maximum atomic E-state index is 12.2. The highest BCUT2D eigenvalue weighted by Crippen LogP contribution is 2.17. The number of rotatable bonds is 4. The Hall–Kier alpha value is -0.630. The minimum Gasteiger partial charge on any atom is -0.207 e. The smallest absolute Gasteiger partial charge is 0.207 e. The highest BCUT2D eigenvalue weighted by atomic mass is 127. The number of nitrogens with one attached hydrogen (secondary N) is 1. The summed E-state index contributed by atoms with van der Waals surface area (Å²) in [6.45, 7) is 2.14. The fourth-order valence-corrected chi connectivity index (χ4v) is 3.26. The van der Waals surface area contributed by atoms with Crippen LogP contribution in [0.15, 0.2) is 47.4 Å². The highest BCUT2D eigenvalue weighted by molar-refractivity contribution is 14.1. The second-order valence-electron chi connectivity index (χ2n) is 4.35. The zero-order valence-corrected chi connectivity index (χ0v) is 14.5. The Kier molecular flexibility index (Phi) is 5.06. The van der Waals surface area contributed by atoms with E-state index < -0.39 is 10.0 Å². The summed E-state index contributed by atoms with van der Waals surface area (Å²) >= 11 is 8.06. The monoisotopic (exact) mass is 421 g/mol. The Bertz CT molecular complexity index is 714. The average Bonchev–Trinajstić information content (AvgIpc) is 2.40. The van der Waals surface area contributed by atoms with E-state index in [4.69, 9.17) is 11.6 Å². The summed E-state index contributed by atoms with van der Waals surface area (Å²) in [5, 5.41) is 0.596. The summed E-state index contributed by atoms with van der Waals surface area (Å²) in [7, 11) is -3.50. The van der Waals surface area contributed by atoms with Crippen molar-refractivity contribution in [2.75, 3.05) is 0 Å². The minimum atomic E-state index is -3.50. The van der Waals surface area contributed by atoms with E-state index in [0.29, 0.717) is 5.02 Å². The van der Waals surface area contributed by atoms with Crippen LogP contribution in [0.2, 0.25) is 5.02 Å². The zero-order valence-electron chi connectivity index (χ0n) is 10.7. The van der Waals surface area contributed by atoms with E-state index in [-0.39, 0.29) is 11.4 Å². The molecule has 3 nitrogen and oxygen atoms in total. The van der Waals surface area contributed by atoms with Crippen molar-refractivity contribution in [2.45, 2.75) is 18.4 Å². The molecule has 0 aromatic heterocycles. The molecule has 0 radical (unpaired) electrons. The van der Waals surface area contributed by atoms with Gasteiger partial charge >= 0.3 is 0 Å². The van der Waals surface area contributed by atoms with Crippen molar-refractivity contribution in [3.8, 4) is 0 Å². The lowest BCUT2D eigenvalue weighted by Crippen LogP contribution is -2.23. The first-order valence-electron chi connectivity index (χ1n) is 5.89. The molecule has 0 aliphatic rings. The predicted molar refractivity (Wildman–Crippen MR) is 89.4 cm³/mol. The molecule has 6 heteroatoms. The maximum absolute atomic E-state index is 12.2. The summed E-state index contributed by atoms with van der Waals surface area (Å²) in [6, 6.07) is 12.1. The summed E-state index contributed by atoms with van der Waals surface area (Å²) in [5.74, 6) is 0. The third-order valence-electron chi connectivity index (χ3n) is 2.89. The van der Waals surface area contributed by atoms with Gasteiger partial charge in [-0.15, -0.1) is 0 Å². The van der Waals surface area contributed by atoms with Crippen molar-refractivity contribution in [3.05, 3.63) is 62.2 Å². The van der Waals surface area contributed by atoms with Crippen molar-refractivity contribution in [1.29, 1.82) is 0 Å². The molecule has 1 N–H and O–H groups in total. The molecule has 2 aromatic carbocycles. The van der Waals surface area contributed by atoms with Crippen molar-refractivity contribution in [2.24, 2.45) is 0 Å². The molecule has 0 amide bonds. The molecule has 0 aliphatic heterocycles. The van der Waals surface area contributed by atoms with E-state index in [1.807, 2.05) is 13.0 Å². The normalized spacial score (nSPS) is 11.6. The van der Waals surface area contributed by atoms with Gasteiger partial charge in [0.1, 0.15) is 0 Å². The zero-order chi connectivity index (χ0) is 14.8. The first-order chi connectivity index (χ1) is 9.38. The van der Waals surface area contributed by atoms with Crippen LogP contribution in [-0.4, -0.2) is 8.42 Å². The summed E-state index contributed by atoms with van der Waals surface area (Å²) in [4.78, 5) is 0.262. The summed E-state index contributed by atoms with van der Waals surface area (Å²) < 4.78 is 27.9. The second-order valence-corrected chi connectivity index (χ2v) is 7.80. The van der Waals surface area contributed by atoms with Crippen LogP contribution in [0.3, 0.4) is 0 Å². The first-order valence-corrected chi connectivity index (χ1v) is 8.83. The molecular weight excluding hydrogens is 409 g/mol. The SMILES string of the molecule is Cc1ccc(Cl)cc1CNS(=O)(=O)c1ccc(I)cc1. The lowest BCUT2D eigenvalue weighted by molar-refractivity contribution is 0.581. The van der Waals surface area contributed by atoms with Gasteiger partial charge in [-0.1, -0.05) is 17.7 Å². The van der Waals surface area contributed by atoms with Crippen LogP contribution in [0.1, 0.15) is 11.1 Å². The molecule has 0 heterocycles. The number of benzene rings is 2. The molecule has 20 heavy (non-hydrogen) atoms. The largest absolute Gasteiger partial charge is 0.240 e. The number of sulfonamides is 1. The number of aryl methyl sites for hydroxylation is 1. The number of halogens is 2. The lowest BCUT2D eigenvalue weighted by Gasteiger charge is -2.09. The van der Waals surface area contributed by atoms with E-state index in [1.54, 1.807) is 36.4 Å². The molecule has 0 aliphatic carbocycles. The summed E-state index contributed by atoms with van der Waals surface area (Å²) in [6.07, 6.45) is 0. The van der Waals surface area contributed by atoms with E-state index in [0.717, 1.165) is 14.7 Å². The van der Waals surface area contributed by atoms with Crippen LogP contribution in [0, 0.1) is 10.5 Å². The van der Waals surface area contributed by atoms with Crippen LogP contribution in [0.5, 0.6) is 0 Å². The van der Waals surface area contributed by atoms with Gasteiger partial charge in [0.25, 0.3) is 0 Å². The first kappa shape index (κ1) is 15.8. The molecule has 2 rings (SSSR count). The van der Waals surface area contributed by atoms with Crippen LogP contribution >= 0.6 is 34.2 Å². The van der Waals surface area contributed by atoms with Gasteiger partial charge in [0.2, 0.25) is 10.0 Å². The molecule has 0 spiro atoms. The Labute approximate surface area is 137 Å². The van der Waals surface area contributed by atoms with Crippen molar-refractivity contribution in [3.63, 3.8) is 0 Å². The van der Waals surface area contributed by atoms with Gasteiger partial charge in [-0.25, -0.2) is 13.1 Å². The van der Waals surface area contributed by atoms with E-state index in [1.165, 1.54) is 0 Å². The highest BCUT2D eigenvalue weighted by Gasteiger charge is 2.13. The van der Waals surface area contributed by atoms with Crippen LogP contribution in [0.4, 0.5) is 0 Å².